The molecule has 1 atom stereocenters. The Morgan fingerprint density at radius 1 is 1.15 bits per heavy atom. The molecule has 4 saturated carbocycles. The highest BCUT2D eigenvalue weighted by Crippen LogP contribution is 2.53. The lowest BCUT2D eigenvalue weighted by atomic mass is 9.54. The van der Waals surface area contributed by atoms with Crippen molar-refractivity contribution in [1.82, 2.24) is 10.3 Å². The molecule has 33 heavy (non-hydrogen) atoms. The first-order chi connectivity index (χ1) is 16.0. The topological polar surface area (TPSA) is 82.5 Å². The lowest BCUT2D eigenvalue weighted by Crippen LogP contribution is -2.55. The molecule has 7 heteroatoms. The largest absolute Gasteiger partial charge is 0.481 e. The number of amides is 1. The van der Waals surface area contributed by atoms with Gasteiger partial charge in [-0.3, -0.25) is 9.59 Å². The third-order valence-corrected chi connectivity index (χ3v) is 9.56. The number of carboxylic acids is 1. The summed E-state index contributed by atoms with van der Waals surface area (Å²) in [5.41, 5.74) is 0.699. The maximum absolute atomic E-state index is 13.4. The Balaban J connectivity index is 1.31. The van der Waals surface area contributed by atoms with Gasteiger partial charge in [0.15, 0.2) is 0 Å². The van der Waals surface area contributed by atoms with Crippen LogP contribution in [0, 0.1) is 29.6 Å². The lowest BCUT2D eigenvalue weighted by Gasteiger charge is -2.54. The molecule has 1 amide bonds. The van der Waals surface area contributed by atoms with E-state index in [1.807, 2.05) is 12.1 Å². The van der Waals surface area contributed by atoms with Gasteiger partial charge in [-0.2, -0.15) is 0 Å². The van der Waals surface area contributed by atoms with E-state index in [-0.39, 0.29) is 18.2 Å². The summed E-state index contributed by atoms with van der Waals surface area (Å²) in [5.74, 6) is 4.36. The van der Waals surface area contributed by atoms with Crippen molar-refractivity contribution in [2.45, 2.75) is 75.8 Å². The smallest absolute Gasteiger partial charge is 0.303 e. The summed E-state index contributed by atoms with van der Waals surface area (Å²) >= 11 is 1.66. The van der Waals surface area contributed by atoms with Gasteiger partial charge in [0.2, 0.25) is 0 Å². The van der Waals surface area contributed by atoms with Gasteiger partial charge in [0.25, 0.3) is 5.91 Å². The zero-order valence-electron chi connectivity index (χ0n) is 19.7. The van der Waals surface area contributed by atoms with Crippen molar-refractivity contribution in [2.75, 3.05) is 23.7 Å². The molecule has 2 heterocycles. The molecule has 1 aromatic rings. The van der Waals surface area contributed by atoms with Gasteiger partial charge in [0.05, 0.1) is 5.56 Å². The van der Waals surface area contributed by atoms with Crippen LogP contribution < -0.4 is 10.2 Å². The highest BCUT2D eigenvalue weighted by molar-refractivity contribution is 7.99. The molecule has 4 bridgehead atoms. The zero-order chi connectivity index (χ0) is 22.9. The molecule has 0 radical (unpaired) electrons. The highest BCUT2D eigenvalue weighted by Gasteiger charge is 2.48. The van der Waals surface area contributed by atoms with Crippen molar-refractivity contribution >= 4 is 29.5 Å². The Labute approximate surface area is 201 Å². The number of aliphatic carboxylic acids is 1. The van der Waals surface area contributed by atoms with Crippen LogP contribution in [0.3, 0.4) is 0 Å². The maximum Gasteiger partial charge on any atom is 0.303 e. The number of nitrogens with one attached hydrogen (secondary N) is 1. The molecule has 5 aliphatic rings. The summed E-state index contributed by atoms with van der Waals surface area (Å²) in [6.07, 6.45) is 9.74. The first-order valence-corrected chi connectivity index (χ1v) is 13.9. The molecule has 1 aliphatic heterocycles. The van der Waals surface area contributed by atoms with E-state index < -0.39 is 5.97 Å². The van der Waals surface area contributed by atoms with Crippen LogP contribution in [0.2, 0.25) is 0 Å². The normalized spacial score (nSPS) is 32.7. The molecule has 1 saturated heterocycles. The number of hydrogen-bond donors (Lipinski definition) is 2. The summed E-state index contributed by atoms with van der Waals surface area (Å²) in [7, 11) is 0. The monoisotopic (exact) mass is 471 g/mol. The van der Waals surface area contributed by atoms with E-state index in [1.165, 1.54) is 32.1 Å². The molecule has 0 aromatic carbocycles. The van der Waals surface area contributed by atoms with Gasteiger partial charge in [0, 0.05) is 25.6 Å². The predicted molar refractivity (Wildman–Crippen MR) is 131 cm³/mol. The summed E-state index contributed by atoms with van der Waals surface area (Å²) in [5, 5.41) is 13.5. The van der Waals surface area contributed by atoms with Crippen LogP contribution >= 0.6 is 11.8 Å². The van der Waals surface area contributed by atoms with E-state index in [0.29, 0.717) is 23.4 Å². The average Bonchev–Trinajstić information content (AvgIpc) is 2.79. The van der Waals surface area contributed by atoms with Crippen LogP contribution in [-0.4, -0.2) is 46.9 Å². The van der Waals surface area contributed by atoms with Crippen molar-refractivity contribution in [3.63, 3.8) is 0 Å². The van der Waals surface area contributed by atoms with Crippen molar-refractivity contribution in [1.29, 1.82) is 0 Å². The summed E-state index contributed by atoms with van der Waals surface area (Å²) in [4.78, 5) is 31.7. The fraction of sp³-hybridized carbons (Fsp3) is 0.731. The van der Waals surface area contributed by atoms with Crippen molar-refractivity contribution in [3.05, 3.63) is 17.7 Å². The molecular formula is C26H37N3O3S. The summed E-state index contributed by atoms with van der Waals surface area (Å²) in [6.45, 7) is 3.75. The van der Waals surface area contributed by atoms with Gasteiger partial charge < -0.3 is 15.3 Å². The average molecular weight is 472 g/mol. The van der Waals surface area contributed by atoms with Gasteiger partial charge in [0.1, 0.15) is 10.8 Å². The van der Waals surface area contributed by atoms with Crippen LogP contribution in [-0.2, 0) is 4.79 Å². The number of aromatic nitrogens is 1. The molecule has 4 aliphatic carbocycles. The minimum absolute atomic E-state index is 0.0347. The molecule has 2 N–H and O–H groups in total. The number of carboxylic acid groups (broad SMARTS) is 1. The van der Waals surface area contributed by atoms with Crippen molar-refractivity contribution < 1.29 is 14.7 Å². The van der Waals surface area contributed by atoms with Gasteiger partial charge in [-0.15, -0.1) is 11.8 Å². The van der Waals surface area contributed by atoms with E-state index in [4.69, 9.17) is 4.98 Å². The number of carbonyl (C=O) groups is 2. The Kier molecular flexibility index (Phi) is 6.86. The van der Waals surface area contributed by atoms with Gasteiger partial charge >= 0.3 is 5.97 Å². The molecule has 1 unspecified atom stereocenters. The third kappa shape index (κ3) is 5.03. The number of rotatable bonds is 8. The van der Waals surface area contributed by atoms with Crippen LogP contribution in [0.25, 0.3) is 0 Å². The van der Waals surface area contributed by atoms with Gasteiger partial charge in [-0.05, 0) is 98.8 Å². The second-order valence-corrected chi connectivity index (χ2v) is 11.9. The molecule has 6 nitrogen and oxygen atoms in total. The minimum atomic E-state index is -0.731. The maximum atomic E-state index is 13.4. The number of thioether (sulfide) groups is 1. The van der Waals surface area contributed by atoms with Crippen LogP contribution in [0.1, 0.15) is 75.1 Å². The molecule has 1 aromatic heterocycles. The lowest BCUT2D eigenvalue weighted by molar-refractivity contribution is -0.138. The molecule has 5 fully saturated rings. The Morgan fingerprint density at radius 3 is 2.55 bits per heavy atom. The molecule has 6 rings (SSSR count). The van der Waals surface area contributed by atoms with E-state index in [0.717, 1.165) is 60.8 Å². The van der Waals surface area contributed by atoms with E-state index in [1.54, 1.807) is 11.8 Å². The fourth-order valence-corrected chi connectivity index (χ4v) is 8.04. The first-order valence-electron chi connectivity index (χ1n) is 12.9. The number of hydrogen-bond acceptors (Lipinski definition) is 5. The molecule has 180 valence electrons. The second-order valence-electron chi connectivity index (χ2n) is 10.9. The number of carbonyl (C=O) groups excluding carboxylic acids is 1. The Morgan fingerprint density at radius 2 is 1.88 bits per heavy atom. The summed E-state index contributed by atoms with van der Waals surface area (Å²) in [6, 6.07) is 4.24. The number of anilines is 1. The Hall–Kier alpha value is -1.76. The number of piperidine rings is 1. The summed E-state index contributed by atoms with van der Waals surface area (Å²) < 4.78 is 0. The zero-order valence-corrected chi connectivity index (χ0v) is 20.5. The van der Waals surface area contributed by atoms with Crippen molar-refractivity contribution in [3.8, 4) is 0 Å². The standard InChI is InChI=1S/C26H37N3O3S/c1-2-8-33-26-21(5-6-22(27-26)29-7-3-4-16(15-29)14-23(30)31)25(32)28-24-19-10-17-9-18(12-19)13-20(24)11-17/h5-6,16-20,24H,2-4,7-15H2,1H3,(H,28,32)(H,30,31). The van der Waals surface area contributed by atoms with E-state index >= 15 is 0 Å². The SMILES string of the molecule is CCCSc1nc(N2CCCC(CC(=O)O)C2)ccc1C(=O)NC1C2CC3CC(C2)CC1C3. The van der Waals surface area contributed by atoms with Gasteiger partial charge in [-0.1, -0.05) is 6.92 Å². The number of nitrogens with zero attached hydrogens (tertiary/aromatic N) is 2. The Bertz CT molecular complexity index is 864. The van der Waals surface area contributed by atoms with Crippen LogP contribution in [0.4, 0.5) is 5.82 Å². The molecule has 0 spiro atoms. The third-order valence-electron chi connectivity index (χ3n) is 8.36. The van der Waals surface area contributed by atoms with Crippen LogP contribution in [0.15, 0.2) is 17.2 Å². The highest BCUT2D eigenvalue weighted by atomic mass is 32.2. The van der Waals surface area contributed by atoms with Crippen LogP contribution in [0.5, 0.6) is 0 Å². The number of pyridine rings is 1. The van der Waals surface area contributed by atoms with Crippen molar-refractivity contribution in [2.24, 2.45) is 29.6 Å². The minimum Gasteiger partial charge on any atom is -0.481 e. The quantitative estimate of drug-likeness (QED) is 0.529. The fourth-order valence-electron chi connectivity index (χ4n) is 7.17. The second kappa shape index (κ2) is 9.85. The van der Waals surface area contributed by atoms with Gasteiger partial charge in [-0.25, -0.2) is 4.98 Å². The molecular weight excluding hydrogens is 434 g/mol. The van der Waals surface area contributed by atoms with E-state index in [9.17, 15) is 14.7 Å². The predicted octanol–water partition coefficient (Wildman–Crippen LogP) is 4.83. The first kappa shape index (κ1) is 23.0. The van der Waals surface area contributed by atoms with E-state index in [2.05, 4.69) is 17.1 Å².